The first-order valence-corrected chi connectivity index (χ1v) is 4.02. The average molecular weight is 193 g/mol. The third-order valence-electron chi connectivity index (χ3n) is 1.81. The molecule has 1 rings (SSSR count). The minimum absolute atomic E-state index is 0.0791. The number of nitro groups is 1. The maximum absolute atomic E-state index is 13.2. The van der Waals surface area contributed by atoms with Crippen molar-refractivity contribution in [1.29, 1.82) is 0 Å². The van der Waals surface area contributed by atoms with Crippen LogP contribution in [0.15, 0.2) is 18.2 Å². The van der Waals surface area contributed by atoms with Gasteiger partial charge in [-0.1, -0.05) is 6.07 Å². The summed E-state index contributed by atoms with van der Waals surface area (Å²) in [5.74, 6) is 1.75. The van der Waals surface area contributed by atoms with E-state index in [1.807, 2.05) is 0 Å². The third kappa shape index (κ3) is 2.07. The van der Waals surface area contributed by atoms with Crippen LogP contribution in [0.5, 0.6) is 0 Å². The minimum Gasteiger partial charge on any atom is -0.258 e. The second-order valence-corrected chi connectivity index (χ2v) is 2.70. The Morgan fingerprint density at radius 2 is 2.29 bits per heavy atom. The van der Waals surface area contributed by atoms with E-state index in [9.17, 15) is 14.5 Å². The Balaban J connectivity index is 3.10. The topological polar surface area (TPSA) is 43.1 Å². The van der Waals surface area contributed by atoms with Gasteiger partial charge in [-0.25, -0.2) is 4.39 Å². The fraction of sp³-hybridized carbons (Fsp3) is 0.200. The summed E-state index contributed by atoms with van der Waals surface area (Å²) in [6.45, 7) is 0. The molecule has 72 valence electrons. The number of rotatable bonds is 3. The smallest absolute Gasteiger partial charge is 0.258 e. The number of halogens is 1. The first-order valence-electron chi connectivity index (χ1n) is 4.02. The van der Waals surface area contributed by atoms with Crippen LogP contribution in [0.1, 0.15) is 12.0 Å². The van der Waals surface area contributed by atoms with Crippen LogP contribution in [-0.2, 0) is 6.42 Å². The van der Waals surface area contributed by atoms with Gasteiger partial charge in [-0.3, -0.25) is 10.1 Å². The molecule has 0 aliphatic rings. The van der Waals surface area contributed by atoms with Crippen molar-refractivity contribution in [2.75, 3.05) is 0 Å². The number of hydrogen-bond donors (Lipinski definition) is 0. The summed E-state index contributed by atoms with van der Waals surface area (Å²) < 4.78 is 13.2. The zero-order valence-corrected chi connectivity index (χ0v) is 7.37. The summed E-state index contributed by atoms with van der Waals surface area (Å²) in [6.07, 6.45) is 5.50. The highest BCUT2D eigenvalue weighted by molar-refractivity contribution is 5.41. The van der Waals surface area contributed by atoms with Crippen LogP contribution >= 0.6 is 0 Å². The fourth-order valence-electron chi connectivity index (χ4n) is 1.16. The Kier molecular flexibility index (Phi) is 3.19. The molecule has 0 saturated heterocycles. The third-order valence-corrected chi connectivity index (χ3v) is 1.81. The first-order chi connectivity index (χ1) is 6.66. The molecule has 0 aliphatic heterocycles. The highest BCUT2D eigenvalue weighted by Gasteiger charge is 2.16. The van der Waals surface area contributed by atoms with E-state index in [1.54, 1.807) is 0 Å². The number of hydrogen-bond acceptors (Lipinski definition) is 2. The largest absolute Gasteiger partial charge is 0.275 e. The molecule has 3 nitrogen and oxygen atoms in total. The average Bonchev–Trinajstić information content (AvgIpc) is 2.15. The SMILES string of the molecule is C#CCCc1c(F)cccc1[N+](=O)[O-]. The van der Waals surface area contributed by atoms with E-state index in [1.165, 1.54) is 18.2 Å². The van der Waals surface area contributed by atoms with Crippen molar-refractivity contribution in [3.05, 3.63) is 39.7 Å². The Bertz CT molecular complexity index is 396. The van der Waals surface area contributed by atoms with Crippen LogP contribution in [0.2, 0.25) is 0 Å². The van der Waals surface area contributed by atoms with E-state index in [4.69, 9.17) is 6.42 Å². The van der Waals surface area contributed by atoms with E-state index in [0.29, 0.717) is 6.42 Å². The molecule has 0 amide bonds. The normalized spacial score (nSPS) is 9.43. The van der Waals surface area contributed by atoms with E-state index in [-0.39, 0.29) is 17.7 Å². The molecule has 1 aromatic rings. The molecule has 0 atom stereocenters. The molecular formula is C10H8FNO2. The summed E-state index contributed by atoms with van der Waals surface area (Å²) in [5, 5.41) is 10.5. The van der Waals surface area contributed by atoms with E-state index >= 15 is 0 Å². The van der Waals surface area contributed by atoms with Crippen LogP contribution in [0.3, 0.4) is 0 Å². The number of terminal acetylenes is 1. The Hall–Kier alpha value is -1.89. The van der Waals surface area contributed by atoms with Crippen molar-refractivity contribution >= 4 is 5.69 Å². The summed E-state index contributed by atoms with van der Waals surface area (Å²) >= 11 is 0. The van der Waals surface area contributed by atoms with Gasteiger partial charge in [0.05, 0.1) is 10.5 Å². The standard InChI is InChI=1S/C10H8FNO2/c1-2-3-5-8-9(11)6-4-7-10(8)12(13)14/h1,4,6-7H,3,5H2. The van der Waals surface area contributed by atoms with Crippen molar-refractivity contribution in [3.63, 3.8) is 0 Å². The van der Waals surface area contributed by atoms with Crippen LogP contribution in [-0.4, -0.2) is 4.92 Å². The zero-order chi connectivity index (χ0) is 10.6. The lowest BCUT2D eigenvalue weighted by atomic mass is 10.1. The predicted molar refractivity (Wildman–Crippen MR) is 50.2 cm³/mol. The quantitative estimate of drug-likeness (QED) is 0.420. The second kappa shape index (κ2) is 4.38. The minimum atomic E-state index is -0.602. The Morgan fingerprint density at radius 3 is 2.86 bits per heavy atom. The number of nitrogens with zero attached hydrogens (tertiary/aromatic N) is 1. The van der Waals surface area contributed by atoms with Gasteiger partial charge in [-0.15, -0.1) is 12.3 Å². The molecule has 0 radical (unpaired) electrons. The molecule has 1 aromatic carbocycles. The molecule has 0 heterocycles. The van der Waals surface area contributed by atoms with Crippen molar-refractivity contribution < 1.29 is 9.31 Å². The van der Waals surface area contributed by atoms with Crippen LogP contribution in [0.25, 0.3) is 0 Å². The molecule has 4 heteroatoms. The summed E-state index contributed by atoms with van der Waals surface area (Å²) in [4.78, 5) is 9.92. The Morgan fingerprint density at radius 1 is 1.57 bits per heavy atom. The fourth-order valence-corrected chi connectivity index (χ4v) is 1.16. The summed E-state index contributed by atoms with van der Waals surface area (Å²) in [7, 11) is 0. The molecule has 0 bridgehead atoms. The number of benzene rings is 1. The van der Waals surface area contributed by atoms with Crippen molar-refractivity contribution in [1.82, 2.24) is 0 Å². The number of nitro benzene ring substituents is 1. The lowest BCUT2D eigenvalue weighted by Gasteiger charge is -2.01. The van der Waals surface area contributed by atoms with Gasteiger partial charge in [0, 0.05) is 12.5 Å². The van der Waals surface area contributed by atoms with Gasteiger partial charge in [0.15, 0.2) is 0 Å². The van der Waals surface area contributed by atoms with Crippen LogP contribution < -0.4 is 0 Å². The maximum atomic E-state index is 13.2. The van der Waals surface area contributed by atoms with Gasteiger partial charge in [-0.05, 0) is 12.5 Å². The molecule has 0 aromatic heterocycles. The van der Waals surface area contributed by atoms with E-state index in [2.05, 4.69) is 5.92 Å². The molecule has 0 N–H and O–H groups in total. The van der Waals surface area contributed by atoms with Gasteiger partial charge in [0.2, 0.25) is 0 Å². The van der Waals surface area contributed by atoms with Crippen LogP contribution in [0, 0.1) is 28.3 Å². The molecule has 0 saturated carbocycles. The Labute approximate surface area is 80.7 Å². The van der Waals surface area contributed by atoms with Gasteiger partial charge in [0.25, 0.3) is 5.69 Å². The highest BCUT2D eigenvalue weighted by atomic mass is 19.1. The van der Waals surface area contributed by atoms with Gasteiger partial charge in [0.1, 0.15) is 5.82 Å². The van der Waals surface area contributed by atoms with Crippen molar-refractivity contribution in [3.8, 4) is 12.3 Å². The van der Waals surface area contributed by atoms with E-state index < -0.39 is 10.7 Å². The molecule has 14 heavy (non-hydrogen) atoms. The summed E-state index contributed by atoms with van der Waals surface area (Å²) in [6, 6.07) is 3.78. The van der Waals surface area contributed by atoms with Gasteiger partial charge >= 0.3 is 0 Å². The van der Waals surface area contributed by atoms with Crippen molar-refractivity contribution in [2.24, 2.45) is 0 Å². The highest BCUT2D eigenvalue weighted by Crippen LogP contribution is 2.22. The maximum Gasteiger partial charge on any atom is 0.275 e. The lowest BCUT2D eigenvalue weighted by molar-refractivity contribution is -0.385. The molecule has 0 spiro atoms. The van der Waals surface area contributed by atoms with Gasteiger partial charge in [-0.2, -0.15) is 0 Å². The summed E-state index contributed by atoms with van der Waals surface area (Å²) in [5.41, 5.74) is -0.129. The van der Waals surface area contributed by atoms with Gasteiger partial charge < -0.3 is 0 Å². The lowest BCUT2D eigenvalue weighted by Crippen LogP contribution is -1.98. The van der Waals surface area contributed by atoms with Crippen LogP contribution in [0.4, 0.5) is 10.1 Å². The molecule has 0 unspecified atom stereocenters. The zero-order valence-electron chi connectivity index (χ0n) is 7.37. The second-order valence-electron chi connectivity index (χ2n) is 2.70. The molecule has 0 fully saturated rings. The predicted octanol–water partition coefficient (Wildman–Crippen LogP) is 2.30. The molecular weight excluding hydrogens is 185 g/mol. The monoisotopic (exact) mass is 193 g/mol. The first kappa shape index (κ1) is 10.2. The van der Waals surface area contributed by atoms with Crippen molar-refractivity contribution in [2.45, 2.75) is 12.8 Å². The molecule has 0 aliphatic carbocycles. The van der Waals surface area contributed by atoms with E-state index in [0.717, 1.165) is 0 Å².